The fraction of sp³-hybridized carbons (Fsp3) is 0.500. The molecule has 1 heterocycles. The average molecular weight is 322 g/mol. The summed E-state index contributed by atoms with van der Waals surface area (Å²) in [7, 11) is 0. The van der Waals surface area contributed by atoms with E-state index in [4.69, 9.17) is 21.6 Å². The van der Waals surface area contributed by atoms with Crippen LogP contribution >= 0.6 is 11.6 Å². The Morgan fingerprint density at radius 2 is 2.14 bits per heavy atom. The highest BCUT2D eigenvalue weighted by molar-refractivity contribution is 6.30. The molecule has 2 rings (SSSR count). The van der Waals surface area contributed by atoms with E-state index >= 15 is 0 Å². The van der Waals surface area contributed by atoms with Crippen molar-refractivity contribution in [1.82, 2.24) is 4.90 Å². The van der Waals surface area contributed by atoms with E-state index in [1.54, 1.807) is 17.0 Å². The van der Waals surface area contributed by atoms with Crippen molar-refractivity contribution in [2.24, 2.45) is 0 Å². The summed E-state index contributed by atoms with van der Waals surface area (Å²) in [6.07, 6.45) is 1.29. The molecule has 1 aromatic rings. The Morgan fingerprint density at radius 1 is 1.45 bits per heavy atom. The molecule has 1 aliphatic rings. The van der Waals surface area contributed by atoms with Crippen molar-refractivity contribution in [2.75, 3.05) is 18.4 Å². The van der Waals surface area contributed by atoms with E-state index in [2.05, 4.69) is 11.4 Å². The summed E-state index contributed by atoms with van der Waals surface area (Å²) in [5.74, 6) is 0. The zero-order valence-electron chi connectivity index (χ0n) is 12.8. The molecule has 22 heavy (non-hydrogen) atoms. The Hall–Kier alpha value is -1.93. The maximum atomic E-state index is 11.8. The summed E-state index contributed by atoms with van der Waals surface area (Å²) in [4.78, 5) is 13.6. The van der Waals surface area contributed by atoms with E-state index in [0.717, 1.165) is 18.5 Å². The quantitative estimate of drug-likeness (QED) is 0.923. The normalized spacial score (nSPS) is 15.5. The van der Waals surface area contributed by atoms with Gasteiger partial charge in [0.1, 0.15) is 6.07 Å². The third-order valence-corrected chi connectivity index (χ3v) is 3.79. The Labute approximate surface area is 135 Å². The van der Waals surface area contributed by atoms with Gasteiger partial charge in [-0.1, -0.05) is 11.6 Å². The highest BCUT2D eigenvalue weighted by Crippen LogP contribution is 2.23. The number of likely N-dealkylation sites (tertiary alicyclic amines) is 1. The number of nitrogens with one attached hydrogen (secondary N) is 1. The minimum atomic E-state index is -0.252. The SMILES string of the molecule is CC(C)OC(=O)N1CCC(Nc2ccc(Cl)cc2C#N)CC1. The summed E-state index contributed by atoms with van der Waals surface area (Å²) < 4.78 is 5.20. The first-order valence-corrected chi connectivity index (χ1v) is 7.79. The Balaban J connectivity index is 1.90. The van der Waals surface area contributed by atoms with Crippen molar-refractivity contribution in [3.05, 3.63) is 28.8 Å². The fourth-order valence-electron chi connectivity index (χ4n) is 2.44. The Kier molecular flexibility index (Phi) is 5.51. The van der Waals surface area contributed by atoms with Crippen LogP contribution in [0.1, 0.15) is 32.3 Å². The van der Waals surface area contributed by atoms with Crippen molar-refractivity contribution in [3.8, 4) is 6.07 Å². The maximum Gasteiger partial charge on any atom is 0.410 e. The number of benzene rings is 1. The number of rotatable bonds is 3. The van der Waals surface area contributed by atoms with Gasteiger partial charge in [-0.2, -0.15) is 5.26 Å². The zero-order chi connectivity index (χ0) is 16.1. The van der Waals surface area contributed by atoms with E-state index in [1.807, 2.05) is 19.9 Å². The van der Waals surface area contributed by atoms with Crippen LogP contribution in [-0.4, -0.2) is 36.2 Å². The molecule has 0 aliphatic carbocycles. The molecule has 0 atom stereocenters. The second-order valence-corrected chi connectivity index (χ2v) is 6.08. The average Bonchev–Trinajstić information content (AvgIpc) is 2.49. The van der Waals surface area contributed by atoms with Crippen LogP contribution in [0.3, 0.4) is 0 Å². The molecule has 0 saturated carbocycles. The van der Waals surface area contributed by atoms with Crippen LogP contribution in [0.2, 0.25) is 5.02 Å². The van der Waals surface area contributed by atoms with Gasteiger partial charge in [-0.15, -0.1) is 0 Å². The monoisotopic (exact) mass is 321 g/mol. The molecule has 1 amide bonds. The van der Waals surface area contributed by atoms with Crippen LogP contribution in [-0.2, 0) is 4.74 Å². The molecule has 0 spiro atoms. The summed E-state index contributed by atoms with van der Waals surface area (Å²) in [5, 5.41) is 13.1. The minimum absolute atomic E-state index is 0.101. The number of amides is 1. The number of carbonyl (C=O) groups excluding carboxylic acids is 1. The van der Waals surface area contributed by atoms with Crippen molar-refractivity contribution < 1.29 is 9.53 Å². The number of piperidine rings is 1. The summed E-state index contributed by atoms with van der Waals surface area (Å²) in [6, 6.07) is 7.61. The molecule has 0 bridgehead atoms. The van der Waals surface area contributed by atoms with Crippen LogP contribution in [0.15, 0.2) is 18.2 Å². The van der Waals surface area contributed by atoms with Crippen LogP contribution in [0.25, 0.3) is 0 Å². The van der Waals surface area contributed by atoms with Gasteiger partial charge in [0, 0.05) is 24.2 Å². The molecule has 0 radical (unpaired) electrons. The van der Waals surface area contributed by atoms with E-state index in [1.165, 1.54) is 0 Å². The third kappa shape index (κ3) is 4.28. The van der Waals surface area contributed by atoms with E-state index < -0.39 is 0 Å². The molecule has 1 fully saturated rings. The fourth-order valence-corrected chi connectivity index (χ4v) is 2.61. The molecule has 6 heteroatoms. The third-order valence-electron chi connectivity index (χ3n) is 3.55. The molecule has 118 valence electrons. The van der Waals surface area contributed by atoms with Gasteiger partial charge in [0.25, 0.3) is 0 Å². The first-order chi connectivity index (χ1) is 10.5. The number of halogens is 1. The summed E-state index contributed by atoms with van der Waals surface area (Å²) >= 11 is 5.90. The molecular weight excluding hydrogens is 302 g/mol. The van der Waals surface area contributed by atoms with Crippen LogP contribution < -0.4 is 5.32 Å². The first-order valence-electron chi connectivity index (χ1n) is 7.41. The van der Waals surface area contributed by atoms with Crippen LogP contribution in [0.5, 0.6) is 0 Å². The highest BCUT2D eigenvalue weighted by Gasteiger charge is 2.24. The zero-order valence-corrected chi connectivity index (χ0v) is 13.6. The molecule has 1 aromatic carbocycles. The van der Waals surface area contributed by atoms with Crippen LogP contribution in [0.4, 0.5) is 10.5 Å². The van der Waals surface area contributed by atoms with E-state index in [9.17, 15) is 4.79 Å². The van der Waals surface area contributed by atoms with Gasteiger partial charge in [0.2, 0.25) is 0 Å². The van der Waals surface area contributed by atoms with Crippen molar-refractivity contribution >= 4 is 23.4 Å². The molecule has 1 aliphatic heterocycles. The number of nitrogens with zero attached hydrogens (tertiary/aromatic N) is 2. The topological polar surface area (TPSA) is 65.4 Å². The van der Waals surface area contributed by atoms with Crippen molar-refractivity contribution in [2.45, 2.75) is 38.8 Å². The molecule has 1 N–H and O–H groups in total. The van der Waals surface area contributed by atoms with Crippen molar-refractivity contribution in [3.63, 3.8) is 0 Å². The largest absolute Gasteiger partial charge is 0.447 e. The van der Waals surface area contributed by atoms with Gasteiger partial charge in [0.05, 0.1) is 17.4 Å². The molecule has 0 unspecified atom stereocenters. The number of anilines is 1. The first kappa shape index (κ1) is 16.4. The van der Waals surface area contributed by atoms with Crippen LogP contribution in [0, 0.1) is 11.3 Å². The van der Waals surface area contributed by atoms with Gasteiger partial charge in [-0.05, 0) is 44.9 Å². The standard InChI is InChI=1S/C16H20ClN3O2/c1-11(2)22-16(21)20-7-5-14(6-8-20)19-15-4-3-13(17)9-12(15)10-18/h3-4,9,11,14,19H,5-8H2,1-2H3. The predicted octanol–water partition coefficient (Wildman–Crippen LogP) is 3.63. The Bertz CT molecular complexity index is 575. The lowest BCUT2D eigenvalue weighted by atomic mass is 10.0. The number of ether oxygens (including phenoxy) is 1. The number of hydrogen-bond acceptors (Lipinski definition) is 4. The number of nitriles is 1. The lowest BCUT2D eigenvalue weighted by molar-refractivity contribution is 0.0701. The Morgan fingerprint density at radius 3 is 2.73 bits per heavy atom. The van der Waals surface area contributed by atoms with E-state index in [0.29, 0.717) is 23.7 Å². The van der Waals surface area contributed by atoms with Gasteiger partial charge in [-0.25, -0.2) is 4.79 Å². The highest BCUT2D eigenvalue weighted by atomic mass is 35.5. The summed E-state index contributed by atoms with van der Waals surface area (Å²) in [5.41, 5.74) is 1.32. The molecule has 5 nitrogen and oxygen atoms in total. The molecular formula is C16H20ClN3O2. The smallest absolute Gasteiger partial charge is 0.410 e. The van der Waals surface area contributed by atoms with E-state index in [-0.39, 0.29) is 18.2 Å². The lowest BCUT2D eigenvalue weighted by Gasteiger charge is -2.32. The van der Waals surface area contributed by atoms with Crippen molar-refractivity contribution in [1.29, 1.82) is 5.26 Å². The lowest BCUT2D eigenvalue weighted by Crippen LogP contribution is -2.43. The number of hydrogen-bond donors (Lipinski definition) is 1. The molecule has 0 aromatic heterocycles. The number of carbonyl (C=O) groups is 1. The van der Waals surface area contributed by atoms with Gasteiger partial charge in [0.15, 0.2) is 0 Å². The van der Waals surface area contributed by atoms with Gasteiger partial charge in [-0.3, -0.25) is 0 Å². The second kappa shape index (κ2) is 7.37. The molecule has 1 saturated heterocycles. The maximum absolute atomic E-state index is 11.8. The van der Waals surface area contributed by atoms with Gasteiger partial charge < -0.3 is 15.0 Å². The summed E-state index contributed by atoms with van der Waals surface area (Å²) in [6.45, 7) is 4.99. The predicted molar refractivity (Wildman–Crippen MR) is 86.0 cm³/mol. The van der Waals surface area contributed by atoms with Gasteiger partial charge >= 0.3 is 6.09 Å². The minimum Gasteiger partial charge on any atom is -0.447 e. The second-order valence-electron chi connectivity index (χ2n) is 5.64.